The lowest BCUT2D eigenvalue weighted by molar-refractivity contribution is -0.677. The number of hydrogen-bond acceptors (Lipinski definition) is 13. The lowest BCUT2D eigenvalue weighted by atomic mass is 9.41. The average Bonchev–Trinajstić information content (AvgIpc) is 3.32. The molecule has 362 valence electrons. The summed E-state index contributed by atoms with van der Waals surface area (Å²) in [6, 6.07) is 30.9. The lowest BCUT2D eigenvalue weighted by Crippen LogP contribution is -2.78. The molecule has 3 saturated carbocycles. The monoisotopic (exact) mass is 942 g/mol. The molecular weight excluding hydrogens is 883 g/mol. The van der Waals surface area contributed by atoms with Gasteiger partial charge in [-0.15, -0.1) is 0 Å². The molecule has 0 aliphatic heterocycles. The number of hydrogen-bond donors (Lipinski definition) is 2. The molecule has 4 aromatic rings. The maximum absolute atomic E-state index is 15.8. The molecule has 2 N–H and O–H groups in total. The molecule has 4 aliphatic rings. The maximum atomic E-state index is 15.8. The number of carbonyl (C=O) groups excluding carboxylic acids is 6. The molecule has 8 rings (SSSR count). The minimum Gasteiger partial charge on any atom is -0.458 e. The van der Waals surface area contributed by atoms with Gasteiger partial charge in [-0.25, -0.2) is 9.59 Å². The van der Waals surface area contributed by atoms with Crippen molar-refractivity contribution in [2.45, 2.75) is 121 Å². The summed E-state index contributed by atoms with van der Waals surface area (Å²) >= 11 is 0. The minimum absolute atomic E-state index is 0.0220. The first-order valence-electron chi connectivity index (χ1n) is 23.5. The summed E-state index contributed by atoms with van der Waals surface area (Å²) in [6.07, 6.45) is -6.05. The standard InChI is InChI=1S/C55H60NO13/c1-32-41(66-51(63)45(67-43-25-17-18-28-56(43)7)39(35-19-11-8-12-20-35)30-40(59)36-21-13-9-14-22-36)31-55(64)49(68-50(62)37-23-15-10-16-24-37)47-53(6,42(60)29-38-26-27-54(38,47)69-34(3)58)48(61)46(65-33(2)57)44(32)52(55,4)5/h8-25,28,38-39,41-42,45-47,49,60,64H,26-27,29-31H2,1-7H3/q+1/t38-,39+,41+,42+,45-,46-,47+,49+,53-,54+,55-/m1/s1. The highest BCUT2D eigenvalue weighted by Crippen LogP contribution is 2.67. The third-order valence-electron chi connectivity index (χ3n) is 15.6. The van der Waals surface area contributed by atoms with E-state index < -0.39 is 106 Å². The van der Waals surface area contributed by atoms with Crippen LogP contribution in [0.1, 0.15) is 106 Å². The molecule has 69 heavy (non-hydrogen) atoms. The summed E-state index contributed by atoms with van der Waals surface area (Å²) in [4.78, 5) is 86.3. The number of benzene rings is 3. The highest BCUT2D eigenvalue weighted by Gasteiger charge is 2.77. The van der Waals surface area contributed by atoms with Gasteiger partial charge in [0.2, 0.25) is 6.10 Å². The normalized spacial score (nSPS) is 29.8. The zero-order valence-electron chi connectivity index (χ0n) is 40.0. The third kappa shape index (κ3) is 8.56. The molecular formula is C55H60NO13+. The molecule has 2 bridgehead atoms. The van der Waals surface area contributed by atoms with Crippen molar-refractivity contribution >= 4 is 35.4 Å². The number of aliphatic hydroxyl groups excluding tert-OH is 1. The number of Topliss-reactive ketones (excluding diaryl/α,β-unsaturated/α-hetero) is 2. The van der Waals surface area contributed by atoms with E-state index in [0.717, 1.165) is 6.92 Å². The average molecular weight is 943 g/mol. The fourth-order valence-corrected chi connectivity index (χ4v) is 11.9. The van der Waals surface area contributed by atoms with Crippen LogP contribution >= 0.6 is 0 Å². The van der Waals surface area contributed by atoms with Crippen LogP contribution in [0.2, 0.25) is 0 Å². The number of aromatic nitrogens is 1. The molecule has 11 atom stereocenters. The van der Waals surface area contributed by atoms with Gasteiger partial charge in [-0.05, 0) is 68.0 Å². The number of carbonyl (C=O) groups is 6. The van der Waals surface area contributed by atoms with E-state index in [2.05, 4.69) is 0 Å². The Morgan fingerprint density at radius 2 is 1.41 bits per heavy atom. The van der Waals surface area contributed by atoms with Crippen molar-refractivity contribution < 1.29 is 67.2 Å². The number of esters is 4. The molecule has 3 aromatic carbocycles. The van der Waals surface area contributed by atoms with Crippen LogP contribution in [0.25, 0.3) is 0 Å². The highest BCUT2D eigenvalue weighted by molar-refractivity contribution is 5.97. The predicted molar refractivity (Wildman–Crippen MR) is 248 cm³/mol. The van der Waals surface area contributed by atoms with Crippen LogP contribution in [-0.2, 0) is 45.2 Å². The molecule has 0 spiro atoms. The van der Waals surface area contributed by atoms with Crippen molar-refractivity contribution in [2.75, 3.05) is 0 Å². The maximum Gasteiger partial charge on any atom is 0.368 e. The van der Waals surface area contributed by atoms with Crippen LogP contribution in [0.4, 0.5) is 0 Å². The fraction of sp³-hybridized carbons (Fsp3) is 0.436. The summed E-state index contributed by atoms with van der Waals surface area (Å²) in [5.41, 5.74) is -5.98. The summed E-state index contributed by atoms with van der Waals surface area (Å²) < 4.78 is 33.7. The lowest BCUT2D eigenvalue weighted by Gasteiger charge is -2.68. The molecule has 4 aliphatic carbocycles. The molecule has 1 aromatic heterocycles. The van der Waals surface area contributed by atoms with E-state index in [1.54, 1.807) is 130 Å². The topological polar surface area (TPSA) is 193 Å². The van der Waals surface area contributed by atoms with Gasteiger partial charge < -0.3 is 33.9 Å². The van der Waals surface area contributed by atoms with Crippen molar-refractivity contribution in [3.05, 3.63) is 143 Å². The van der Waals surface area contributed by atoms with Gasteiger partial charge in [-0.2, -0.15) is 4.57 Å². The quantitative estimate of drug-likeness (QED) is 0.0483. The van der Waals surface area contributed by atoms with Crippen molar-refractivity contribution in [1.29, 1.82) is 0 Å². The Balaban J connectivity index is 1.32. The third-order valence-corrected chi connectivity index (χ3v) is 15.6. The van der Waals surface area contributed by atoms with Crippen LogP contribution in [0.3, 0.4) is 0 Å². The largest absolute Gasteiger partial charge is 0.458 e. The first-order chi connectivity index (χ1) is 32.7. The highest BCUT2D eigenvalue weighted by atomic mass is 16.6. The Kier molecular flexibility index (Phi) is 13.3. The van der Waals surface area contributed by atoms with Gasteiger partial charge in [-0.1, -0.05) is 92.7 Å². The predicted octanol–water partition coefficient (Wildman–Crippen LogP) is 6.54. The molecule has 0 radical (unpaired) electrons. The SMILES string of the molecule is CC(=O)O[C@H]1C(=O)[C@@]2(C)[C@H]([C@H](OC(=O)c3ccccc3)[C@]3(O)C[C@H](OC(=O)[C@H](Oc4cccc[n+]4C)[C@@H](CC(=O)c4ccccc4)c4ccccc4)C(C)=C1C3(C)C)[C@]1(OC(C)=O)CC[C@@H]1C[C@@H]2O. The Hall–Kier alpha value is -6.51. The van der Waals surface area contributed by atoms with E-state index in [9.17, 15) is 29.4 Å². The van der Waals surface area contributed by atoms with Crippen LogP contribution in [0.15, 0.2) is 127 Å². The smallest absolute Gasteiger partial charge is 0.368 e. The second-order valence-corrected chi connectivity index (χ2v) is 19.8. The van der Waals surface area contributed by atoms with Gasteiger partial charge >= 0.3 is 29.8 Å². The summed E-state index contributed by atoms with van der Waals surface area (Å²) in [5.74, 6) is -6.98. The number of fused-ring (bicyclic) bond motifs is 5. The van der Waals surface area contributed by atoms with Crippen LogP contribution in [-0.4, -0.2) is 87.4 Å². The van der Waals surface area contributed by atoms with Gasteiger partial charge in [0.25, 0.3) is 0 Å². The number of pyridine rings is 1. The second-order valence-electron chi connectivity index (χ2n) is 19.8. The van der Waals surface area contributed by atoms with Crippen LogP contribution < -0.4 is 9.30 Å². The van der Waals surface area contributed by atoms with Crippen molar-refractivity contribution in [1.82, 2.24) is 0 Å². The second kappa shape index (κ2) is 18.8. The number of nitrogens with zero attached hydrogens (tertiary/aromatic N) is 1. The van der Waals surface area contributed by atoms with Crippen LogP contribution in [0, 0.1) is 22.7 Å². The van der Waals surface area contributed by atoms with Crippen molar-refractivity contribution in [2.24, 2.45) is 29.7 Å². The fourth-order valence-electron chi connectivity index (χ4n) is 11.9. The van der Waals surface area contributed by atoms with Gasteiger partial charge in [0.1, 0.15) is 30.5 Å². The molecule has 0 unspecified atom stereocenters. The Bertz CT molecular complexity index is 2670. The Morgan fingerprint density at radius 3 is 1.99 bits per heavy atom. The van der Waals surface area contributed by atoms with E-state index in [4.69, 9.17) is 23.7 Å². The van der Waals surface area contributed by atoms with Gasteiger partial charge in [-0.3, -0.25) is 19.2 Å². The Morgan fingerprint density at radius 1 is 0.797 bits per heavy atom. The van der Waals surface area contributed by atoms with Gasteiger partial charge in [0.15, 0.2) is 23.9 Å². The van der Waals surface area contributed by atoms with Crippen LogP contribution in [0.5, 0.6) is 5.88 Å². The zero-order valence-corrected chi connectivity index (χ0v) is 40.0. The molecule has 3 fully saturated rings. The van der Waals surface area contributed by atoms with E-state index in [1.807, 2.05) is 6.07 Å². The number of ketones is 2. The van der Waals surface area contributed by atoms with Gasteiger partial charge in [0, 0.05) is 55.6 Å². The van der Waals surface area contributed by atoms with Crippen molar-refractivity contribution in [3.8, 4) is 5.88 Å². The molecule has 14 heteroatoms. The number of aliphatic hydroxyl groups is 2. The first-order valence-corrected chi connectivity index (χ1v) is 23.5. The van der Waals surface area contributed by atoms with E-state index in [-0.39, 0.29) is 47.6 Å². The van der Waals surface area contributed by atoms with E-state index in [0.29, 0.717) is 17.5 Å². The summed E-state index contributed by atoms with van der Waals surface area (Å²) in [7, 11) is 1.74. The summed E-state index contributed by atoms with van der Waals surface area (Å²) in [5, 5.41) is 26.3. The van der Waals surface area contributed by atoms with E-state index in [1.165, 1.54) is 26.0 Å². The van der Waals surface area contributed by atoms with E-state index >= 15 is 9.59 Å². The van der Waals surface area contributed by atoms with Crippen molar-refractivity contribution in [3.63, 3.8) is 0 Å². The number of ether oxygens (including phenoxy) is 5. The first kappa shape index (κ1) is 48.9. The molecule has 0 amide bonds. The molecule has 1 heterocycles. The molecule has 0 saturated heterocycles. The number of rotatable bonds is 13. The summed E-state index contributed by atoms with van der Waals surface area (Å²) in [6.45, 7) is 8.74. The Labute approximate surface area is 401 Å². The van der Waals surface area contributed by atoms with Gasteiger partial charge in [0.05, 0.1) is 29.1 Å². The minimum atomic E-state index is -2.32. The zero-order chi connectivity index (χ0) is 49.6. The molecule has 14 nitrogen and oxygen atoms in total. The number of aryl methyl sites for hydroxylation is 1.